The fourth-order valence-corrected chi connectivity index (χ4v) is 3.32. The van der Waals surface area contributed by atoms with E-state index in [0.717, 1.165) is 27.5 Å². The van der Waals surface area contributed by atoms with Crippen molar-refractivity contribution in [3.63, 3.8) is 0 Å². The first-order valence-electron chi connectivity index (χ1n) is 7.34. The molecule has 0 saturated carbocycles. The first-order chi connectivity index (χ1) is 10.8. The normalized spacial score (nSPS) is 11.9. The molecule has 0 radical (unpaired) electrons. The van der Waals surface area contributed by atoms with Gasteiger partial charge in [-0.25, -0.2) is 4.98 Å². The lowest BCUT2D eigenvalue weighted by molar-refractivity contribution is 0.995. The van der Waals surface area contributed by atoms with Crippen LogP contribution in [-0.4, -0.2) is 14.5 Å². The fraction of sp³-hybridized carbons (Fsp3) is 0.0526. The highest BCUT2D eigenvalue weighted by atomic mass is 15.0. The van der Waals surface area contributed by atoms with Gasteiger partial charge in [-0.1, -0.05) is 36.4 Å². The molecule has 0 atom stereocenters. The van der Waals surface area contributed by atoms with Crippen molar-refractivity contribution < 1.29 is 0 Å². The van der Waals surface area contributed by atoms with Crippen molar-refractivity contribution >= 4 is 43.7 Å². The standard InChI is InChI=1S/C19H13N3/c1-22-17-9-5-3-6-13(17)15-10-12-11-20-16-8-4-2-7-14(16)18(12)21-19(15)22/h2-11H,1H3. The number of hydrogen-bond donors (Lipinski definition) is 0. The van der Waals surface area contributed by atoms with Crippen LogP contribution >= 0.6 is 0 Å². The zero-order chi connectivity index (χ0) is 14.7. The van der Waals surface area contributed by atoms with Crippen LogP contribution in [0.3, 0.4) is 0 Å². The number of fused-ring (bicyclic) bond motifs is 6. The van der Waals surface area contributed by atoms with Crippen molar-refractivity contribution in [3.8, 4) is 0 Å². The lowest BCUT2D eigenvalue weighted by Crippen LogP contribution is -1.91. The van der Waals surface area contributed by atoms with Crippen LogP contribution in [0.25, 0.3) is 43.7 Å². The van der Waals surface area contributed by atoms with Crippen molar-refractivity contribution in [3.05, 3.63) is 60.8 Å². The van der Waals surface area contributed by atoms with Crippen LogP contribution in [0.15, 0.2) is 60.8 Å². The van der Waals surface area contributed by atoms with Crippen LogP contribution in [0.1, 0.15) is 0 Å². The molecular weight excluding hydrogens is 270 g/mol. The van der Waals surface area contributed by atoms with Crippen molar-refractivity contribution in [2.24, 2.45) is 7.05 Å². The highest BCUT2D eigenvalue weighted by Crippen LogP contribution is 2.31. The maximum Gasteiger partial charge on any atom is 0.141 e. The molecule has 0 aliphatic heterocycles. The van der Waals surface area contributed by atoms with E-state index >= 15 is 0 Å². The quantitative estimate of drug-likeness (QED) is 0.394. The second-order valence-corrected chi connectivity index (χ2v) is 5.65. The van der Waals surface area contributed by atoms with Crippen LogP contribution in [0.4, 0.5) is 0 Å². The number of aromatic nitrogens is 3. The van der Waals surface area contributed by atoms with Crippen molar-refractivity contribution in [2.45, 2.75) is 0 Å². The highest BCUT2D eigenvalue weighted by molar-refractivity contribution is 6.13. The molecule has 0 N–H and O–H groups in total. The third-order valence-corrected chi connectivity index (χ3v) is 4.41. The number of pyridine rings is 2. The van der Waals surface area contributed by atoms with Gasteiger partial charge in [-0.2, -0.15) is 0 Å². The predicted octanol–water partition coefficient (Wildman–Crippen LogP) is 4.43. The summed E-state index contributed by atoms with van der Waals surface area (Å²) in [7, 11) is 2.08. The predicted molar refractivity (Wildman–Crippen MR) is 91.0 cm³/mol. The minimum absolute atomic E-state index is 0.987. The largest absolute Gasteiger partial charge is 0.328 e. The molecule has 3 aromatic heterocycles. The lowest BCUT2D eigenvalue weighted by atomic mass is 10.1. The Hall–Kier alpha value is -2.94. The van der Waals surface area contributed by atoms with E-state index in [4.69, 9.17) is 4.98 Å². The van der Waals surface area contributed by atoms with Gasteiger partial charge >= 0.3 is 0 Å². The summed E-state index contributed by atoms with van der Waals surface area (Å²) in [5, 5.41) is 4.61. The summed E-state index contributed by atoms with van der Waals surface area (Å²) in [5.41, 5.74) is 4.23. The Balaban J connectivity index is 2.07. The van der Waals surface area contributed by atoms with E-state index < -0.39 is 0 Å². The van der Waals surface area contributed by atoms with Gasteiger partial charge in [-0.15, -0.1) is 0 Å². The SMILES string of the molecule is Cn1c2ccccc2c2cc3cnc4ccccc4c3nc21. The van der Waals surface area contributed by atoms with Gasteiger partial charge in [0.15, 0.2) is 0 Å². The van der Waals surface area contributed by atoms with Crippen LogP contribution < -0.4 is 0 Å². The zero-order valence-corrected chi connectivity index (χ0v) is 12.1. The molecule has 0 bridgehead atoms. The molecule has 0 amide bonds. The molecule has 0 saturated heterocycles. The minimum atomic E-state index is 0.987. The Labute approximate surface area is 126 Å². The molecule has 2 aromatic carbocycles. The zero-order valence-electron chi connectivity index (χ0n) is 12.1. The molecule has 3 heterocycles. The van der Waals surface area contributed by atoms with E-state index in [9.17, 15) is 0 Å². The Morgan fingerprint density at radius 1 is 0.864 bits per heavy atom. The van der Waals surface area contributed by atoms with Gasteiger partial charge in [0.25, 0.3) is 0 Å². The molecule has 0 fully saturated rings. The molecule has 0 aliphatic carbocycles. The summed E-state index contributed by atoms with van der Waals surface area (Å²) < 4.78 is 2.17. The van der Waals surface area contributed by atoms with Gasteiger partial charge in [-0.3, -0.25) is 4.98 Å². The van der Waals surface area contributed by atoms with E-state index in [2.05, 4.69) is 53.0 Å². The van der Waals surface area contributed by atoms with E-state index in [1.165, 1.54) is 16.3 Å². The third kappa shape index (κ3) is 1.40. The summed E-state index contributed by atoms with van der Waals surface area (Å²) in [6, 6.07) is 18.8. The molecule has 0 unspecified atom stereocenters. The van der Waals surface area contributed by atoms with E-state index in [1.807, 2.05) is 24.4 Å². The van der Waals surface area contributed by atoms with Gasteiger partial charge in [0.05, 0.1) is 16.6 Å². The summed E-state index contributed by atoms with van der Waals surface area (Å²) in [5.74, 6) is 0. The van der Waals surface area contributed by atoms with Gasteiger partial charge in [0, 0.05) is 34.8 Å². The van der Waals surface area contributed by atoms with Gasteiger partial charge in [-0.05, 0) is 18.2 Å². The van der Waals surface area contributed by atoms with Crippen molar-refractivity contribution in [1.29, 1.82) is 0 Å². The maximum atomic E-state index is 4.97. The number of nitrogens with zero attached hydrogens (tertiary/aromatic N) is 3. The summed E-state index contributed by atoms with van der Waals surface area (Å²) in [4.78, 5) is 9.52. The lowest BCUT2D eigenvalue weighted by Gasteiger charge is -2.04. The number of hydrogen-bond acceptors (Lipinski definition) is 2. The van der Waals surface area contributed by atoms with Gasteiger partial charge in [0.2, 0.25) is 0 Å². The van der Waals surface area contributed by atoms with Crippen molar-refractivity contribution in [1.82, 2.24) is 14.5 Å². The van der Waals surface area contributed by atoms with Crippen LogP contribution in [-0.2, 0) is 7.05 Å². The smallest absolute Gasteiger partial charge is 0.141 e. The summed E-state index contributed by atoms with van der Waals surface area (Å²) >= 11 is 0. The minimum Gasteiger partial charge on any atom is -0.328 e. The molecule has 5 aromatic rings. The van der Waals surface area contributed by atoms with Crippen LogP contribution in [0, 0.1) is 0 Å². The molecule has 22 heavy (non-hydrogen) atoms. The Morgan fingerprint density at radius 3 is 2.55 bits per heavy atom. The Kier molecular flexibility index (Phi) is 2.15. The number of para-hydroxylation sites is 2. The fourth-order valence-electron chi connectivity index (χ4n) is 3.32. The molecule has 104 valence electrons. The topological polar surface area (TPSA) is 30.7 Å². The summed E-state index contributed by atoms with van der Waals surface area (Å²) in [6.07, 6.45) is 1.92. The van der Waals surface area contributed by atoms with Gasteiger partial charge in [0.1, 0.15) is 5.65 Å². The van der Waals surface area contributed by atoms with Crippen molar-refractivity contribution in [2.75, 3.05) is 0 Å². The average molecular weight is 283 g/mol. The highest BCUT2D eigenvalue weighted by Gasteiger charge is 2.11. The van der Waals surface area contributed by atoms with Crippen LogP contribution in [0.5, 0.6) is 0 Å². The number of rotatable bonds is 0. The first kappa shape index (κ1) is 11.7. The monoisotopic (exact) mass is 283 g/mol. The second-order valence-electron chi connectivity index (χ2n) is 5.65. The van der Waals surface area contributed by atoms with Crippen LogP contribution in [0.2, 0.25) is 0 Å². The summed E-state index contributed by atoms with van der Waals surface area (Å²) in [6.45, 7) is 0. The molecule has 3 heteroatoms. The Bertz CT molecular complexity index is 1190. The van der Waals surface area contributed by atoms with E-state index in [-0.39, 0.29) is 0 Å². The Morgan fingerprint density at radius 2 is 1.64 bits per heavy atom. The first-order valence-corrected chi connectivity index (χ1v) is 7.34. The third-order valence-electron chi connectivity index (χ3n) is 4.41. The maximum absolute atomic E-state index is 4.97. The molecule has 3 nitrogen and oxygen atoms in total. The average Bonchev–Trinajstić information content (AvgIpc) is 2.86. The van der Waals surface area contributed by atoms with E-state index in [0.29, 0.717) is 0 Å². The molecule has 5 rings (SSSR count). The molecule has 0 spiro atoms. The number of benzene rings is 2. The van der Waals surface area contributed by atoms with Gasteiger partial charge < -0.3 is 4.57 Å². The second kappa shape index (κ2) is 4.04. The molecular formula is C19H13N3. The number of aryl methyl sites for hydroxylation is 1. The molecule has 0 aliphatic rings. The van der Waals surface area contributed by atoms with E-state index in [1.54, 1.807) is 0 Å².